The highest BCUT2D eigenvalue weighted by Gasteiger charge is 2.48. The summed E-state index contributed by atoms with van der Waals surface area (Å²) in [5.41, 5.74) is -0.434. The molecule has 1 aromatic heterocycles. The minimum Gasteiger partial charge on any atom is -0.300 e. The van der Waals surface area contributed by atoms with Crippen LogP contribution in [0.15, 0.2) is 30.5 Å². The van der Waals surface area contributed by atoms with Gasteiger partial charge in [-0.3, -0.25) is 4.79 Å². The number of hydrogen-bond donors (Lipinski definition) is 2. The van der Waals surface area contributed by atoms with Crippen molar-refractivity contribution in [3.05, 3.63) is 46.7 Å². The molecule has 1 aliphatic heterocycles. The third-order valence-corrected chi connectivity index (χ3v) is 6.53. The molecule has 2 aromatic rings. The van der Waals surface area contributed by atoms with Gasteiger partial charge < -0.3 is 5.32 Å². The van der Waals surface area contributed by atoms with Crippen LogP contribution in [0.2, 0.25) is 0 Å². The van der Waals surface area contributed by atoms with Gasteiger partial charge in [-0.1, -0.05) is 12.1 Å². The first-order chi connectivity index (χ1) is 12.2. The molecule has 1 atom stereocenters. The Morgan fingerprint density at radius 2 is 2.27 bits per heavy atom. The number of amides is 1. The van der Waals surface area contributed by atoms with Crippen molar-refractivity contribution in [3.63, 3.8) is 0 Å². The third-order valence-electron chi connectivity index (χ3n) is 4.41. The first-order valence-electron chi connectivity index (χ1n) is 8.00. The fourth-order valence-electron chi connectivity index (χ4n) is 3.10. The van der Waals surface area contributed by atoms with Gasteiger partial charge in [0.2, 0.25) is 5.91 Å². The molecule has 3 rings (SSSR count). The summed E-state index contributed by atoms with van der Waals surface area (Å²) in [5.74, 6) is -0.770. The maximum absolute atomic E-state index is 13.3. The molecule has 140 valence electrons. The van der Waals surface area contributed by atoms with Gasteiger partial charge in [0.1, 0.15) is 11.4 Å². The van der Waals surface area contributed by atoms with Crippen LogP contribution < -0.4 is 10.5 Å². The van der Waals surface area contributed by atoms with E-state index in [1.807, 2.05) is 6.07 Å². The van der Waals surface area contributed by atoms with Crippen LogP contribution in [0.3, 0.4) is 0 Å². The van der Waals surface area contributed by atoms with Gasteiger partial charge >= 0.3 is 0 Å². The van der Waals surface area contributed by atoms with Gasteiger partial charge in [0.25, 0.3) is 10.2 Å². The number of nitrogens with zero attached hydrogens (tertiary/aromatic N) is 2. The summed E-state index contributed by atoms with van der Waals surface area (Å²) in [6.45, 7) is 1.77. The Bertz CT molecular complexity index is 931. The van der Waals surface area contributed by atoms with Crippen LogP contribution in [0.1, 0.15) is 30.2 Å². The number of nitrogens with two attached hydrogens (primary N) is 1. The lowest BCUT2D eigenvalue weighted by atomic mass is 9.99. The van der Waals surface area contributed by atoms with Crippen LogP contribution in [-0.2, 0) is 21.4 Å². The molecule has 1 aliphatic rings. The molecule has 7 nitrogen and oxygen atoms in total. The Kier molecular flexibility index (Phi) is 5.11. The number of halogens is 1. The van der Waals surface area contributed by atoms with Crippen molar-refractivity contribution >= 4 is 32.6 Å². The fourth-order valence-corrected chi connectivity index (χ4v) is 5.06. The minimum atomic E-state index is -3.97. The number of hydrogen-bond acceptors (Lipinski definition) is 5. The Morgan fingerprint density at radius 3 is 2.96 bits per heavy atom. The van der Waals surface area contributed by atoms with Crippen molar-refractivity contribution in [2.24, 2.45) is 5.14 Å². The summed E-state index contributed by atoms with van der Waals surface area (Å²) in [4.78, 5) is 17.7. The largest absolute Gasteiger partial charge is 0.300 e. The molecule has 26 heavy (non-hydrogen) atoms. The first kappa shape index (κ1) is 18.9. The molecular weight excluding hydrogens is 379 g/mol. The number of carbonyl (C=O) groups is 1. The quantitative estimate of drug-likeness (QED) is 0.802. The Hall–Kier alpha value is -1.88. The summed E-state index contributed by atoms with van der Waals surface area (Å²) in [7, 11) is -3.97. The highest BCUT2D eigenvalue weighted by molar-refractivity contribution is 7.86. The summed E-state index contributed by atoms with van der Waals surface area (Å²) in [6.07, 6.45) is 3.05. The van der Waals surface area contributed by atoms with Gasteiger partial charge in [-0.05, 0) is 37.5 Å². The molecule has 1 fully saturated rings. The van der Waals surface area contributed by atoms with E-state index in [-0.39, 0.29) is 12.4 Å². The van der Waals surface area contributed by atoms with Crippen molar-refractivity contribution in [1.29, 1.82) is 0 Å². The van der Waals surface area contributed by atoms with Gasteiger partial charge in [-0.15, -0.1) is 11.3 Å². The van der Waals surface area contributed by atoms with Gasteiger partial charge in [0, 0.05) is 24.0 Å². The molecule has 1 amide bonds. The average molecular weight is 398 g/mol. The SMILES string of the molecule is C[C@]1(C(=O)Nc2ncc(Cc3cccc(F)c3)s2)CCCN1S(N)(=O)=O. The van der Waals surface area contributed by atoms with Gasteiger partial charge in [0.05, 0.1) is 0 Å². The van der Waals surface area contributed by atoms with E-state index in [1.165, 1.54) is 23.5 Å². The molecular formula is C16H19FN4O3S2. The number of rotatable bonds is 5. The Morgan fingerprint density at radius 1 is 1.50 bits per heavy atom. The molecule has 0 spiro atoms. The molecule has 0 unspecified atom stereocenters. The normalized spacial score (nSPS) is 21.0. The molecule has 1 saturated heterocycles. The molecule has 0 radical (unpaired) electrons. The number of carbonyl (C=O) groups excluding carboxylic acids is 1. The van der Waals surface area contributed by atoms with E-state index in [1.54, 1.807) is 19.2 Å². The second-order valence-corrected chi connectivity index (χ2v) is 8.97. The average Bonchev–Trinajstić information content (AvgIpc) is 3.14. The van der Waals surface area contributed by atoms with Crippen molar-refractivity contribution < 1.29 is 17.6 Å². The zero-order valence-electron chi connectivity index (χ0n) is 14.1. The molecule has 1 aromatic carbocycles. The second-order valence-electron chi connectivity index (χ2n) is 6.39. The lowest BCUT2D eigenvalue weighted by Crippen LogP contribution is -2.55. The van der Waals surface area contributed by atoms with E-state index < -0.39 is 21.7 Å². The molecule has 2 heterocycles. The first-order valence-corrected chi connectivity index (χ1v) is 10.3. The Balaban J connectivity index is 1.71. The summed E-state index contributed by atoms with van der Waals surface area (Å²) < 4.78 is 37.7. The summed E-state index contributed by atoms with van der Waals surface area (Å²) in [6, 6.07) is 6.27. The molecule has 3 N–H and O–H groups in total. The maximum Gasteiger partial charge on any atom is 0.277 e. The molecule has 10 heteroatoms. The van der Waals surface area contributed by atoms with Gasteiger partial charge in [-0.2, -0.15) is 12.7 Å². The molecule has 0 aliphatic carbocycles. The smallest absolute Gasteiger partial charge is 0.277 e. The highest BCUT2D eigenvalue weighted by atomic mass is 32.2. The van der Waals surface area contributed by atoms with E-state index >= 15 is 0 Å². The van der Waals surface area contributed by atoms with Crippen LogP contribution in [0.4, 0.5) is 9.52 Å². The molecule has 0 saturated carbocycles. The predicted molar refractivity (Wildman–Crippen MR) is 97.4 cm³/mol. The maximum atomic E-state index is 13.3. The van der Waals surface area contributed by atoms with E-state index in [0.29, 0.717) is 24.4 Å². The van der Waals surface area contributed by atoms with Crippen LogP contribution in [0.25, 0.3) is 0 Å². The topological polar surface area (TPSA) is 105 Å². The lowest BCUT2D eigenvalue weighted by molar-refractivity contribution is -0.123. The van der Waals surface area contributed by atoms with Crippen LogP contribution in [0.5, 0.6) is 0 Å². The third kappa shape index (κ3) is 3.93. The minimum absolute atomic E-state index is 0.214. The van der Waals surface area contributed by atoms with Crippen LogP contribution in [-0.4, -0.2) is 35.7 Å². The van der Waals surface area contributed by atoms with Gasteiger partial charge in [0.15, 0.2) is 5.13 Å². The second kappa shape index (κ2) is 7.03. The standard InChI is InChI=1S/C16H19FN4O3S2/c1-16(6-3-7-21(16)26(18,23)24)14(22)20-15-19-10-13(25-15)9-11-4-2-5-12(17)8-11/h2,4-5,8,10H,3,6-7,9H2,1H3,(H2,18,23,24)(H,19,20,22)/t16-/m1/s1. The fraction of sp³-hybridized carbons (Fsp3) is 0.375. The number of nitrogens with one attached hydrogen (secondary N) is 1. The van der Waals surface area contributed by atoms with E-state index in [9.17, 15) is 17.6 Å². The van der Waals surface area contributed by atoms with E-state index in [0.717, 1.165) is 14.7 Å². The molecule has 0 bridgehead atoms. The Labute approximate surface area is 155 Å². The van der Waals surface area contributed by atoms with Crippen molar-refractivity contribution in [2.75, 3.05) is 11.9 Å². The number of aromatic nitrogens is 1. The van der Waals surface area contributed by atoms with Crippen molar-refractivity contribution in [3.8, 4) is 0 Å². The summed E-state index contributed by atoms with van der Waals surface area (Å²) in [5, 5.41) is 8.27. The van der Waals surface area contributed by atoms with Crippen molar-refractivity contribution in [2.45, 2.75) is 31.7 Å². The van der Waals surface area contributed by atoms with Crippen molar-refractivity contribution in [1.82, 2.24) is 9.29 Å². The number of thiazole rings is 1. The van der Waals surface area contributed by atoms with E-state index in [4.69, 9.17) is 5.14 Å². The highest BCUT2D eigenvalue weighted by Crippen LogP contribution is 2.32. The number of benzene rings is 1. The van der Waals surface area contributed by atoms with Gasteiger partial charge in [-0.25, -0.2) is 14.5 Å². The lowest BCUT2D eigenvalue weighted by Gasteiger charge is -2.30. The van der Waals surface area contributed by atoms with Crippen LogP contribution in [0, 0.1) is 5.82 Å². The zero-order valence-corrected chi connectivity index (χ0v) is 15.7. The van der Waals surface area contributed by atoms with Crippen LogP contribution >= 0.6 is 11.3 Å². The monoisotopic (exact) mass is 398 g/mol. The predicted octanol–water partition coefficient (Wildman–Crippen LogP) is 1.87. The number of anilines is 1. The summed E-state index contributed by atoms with van der Waals surface area (Å²) >= 11 is 1.26. The zero-order chi connectivity index (χ0) is 18.9. The van der Waals surface area contributed by atoms with E-state index in [2.05, 4.69) is 10.3 Å².